The van der Waals surface area contributed by atoms with Crippen molar-refractivity contribution in [1.82, 2.24) is 15.1 Å². The summed E-state index contributed by atoms with van der Waals surface area (Å²) in [6.07, 6.45) is 1.52. The predicted molar refractivity (Wildman–Crippen MR) is 83.8 cm³/mol. The van der Waals surface area contributed by atoms with Crippen molar-refractivity contribution < 1.29 is 18.7 Å². The van der Waals surface area contributed by atoms with Gasteiger partial charge in [-0.25, -0.2) is 0 Å². The molecule has 1 aliphatic heterocycles. The van der Waals surface area contributed by atoms with Crippen molar-refractivity contribution in [3.05, 3.63) is 11.8 Å². The summed E-state index contributed by atoms with van der Waals surface area (Å²) in [7, 11) is 0. The number of ether oxygens (including phenoxy) is 2. The smallest absolute Gasteiger partial charge is 0.241 e. The summed E-state index contributed by atoms with van der Waals surface area (Å²) >= 11 is 0. The molecular weight excluding hydrogens is 298 g/mol. The van der Waals surface area contributed by atoms with E-state index in [1.807, 2.05) is 6.92 Å². The van der Waals surface area contributed by atoms with Gasteiger partial charge >= 0.3 is 0 Å². The quantitative estimate of drug-likeness (QED) is 0.764. The number of amides is 1. The Bertz CT molecular complexity index is 503. The maximum Gasteiger partial charge on any atom is 0.241 e. The van der Waals surface area contributed by atoms with Gasteiger partial charge in [0, 0.05) is 13.5 Å². The third kappa shape index (κ3) is 5.28. The van der Waals surface area contributed by atoms with E-state index in [4.69, 9.17) is 13.9 Å². The molecule has 0 unspecified atom stereocenters. The highest BCUT2D eigenvalue weighted by Crippen LogP contribution is 2.24. The first-order valence-corrected chi connectivity index (χ1v) is 8.26. The summed E-state index contributed by atoms with van der Waals surface area (Å²) in [5.41, 5.74) is 0. The highest BCUT2D eigenvalue weighted by atomic mass is 16.5. The molecule has 1 aromatic heterocycles. The van der Waals surface area contributed by atoms with Crippen LogP contribution in [-0.4, -0.2) is 53.5 Å². The molecule has 1 amide bonds. The van der Waals surface area contributed by atoms with Gasteiger partial charge in [-0.3, -0.25) is 4.79 Å². The Morgan fingerprint density at radius 2 is 2.17 bits per heavy atom. The predicted octanol–water partition coefficient (Wildman–Crippen LogP) is 2.12. The van der Waals surface area contributed by atoms with Crippen molar-refractivity contribution in [3.63, 3.8) is 0 Å². The lowest BCUT2D eigenvalue weighted by Crippen LogP contribution is -2.44. The Labute approximate surface area is 137 Å². The van der Waals surface area contributed by atoms with Crippen LogP contribution in [0.3, 0.4) is 0 Å². The molecule has 23 heavy (non-hydrogen) atoms. The highest BCUT2D eigenvalue weighted by Gasteiger charge is 2.32. The molecule has 7 heteroatoms. The first-order valence-electron chi connectivity index (χ1n) is 8.26. The van der Waals surface area contributed by atoms with Crippen molar-refractivity contribution in [2.45, 2.75) is 52.7 Å². The van der Waals surface area contributed by atoms with Crippen molar-refractivity contribution in [3.8, 4) is 0 Å². The molecule has 1 saturated heterocycles. The SMILES string of the molecule is Cc1nnc([C@@H]2COCCN2C(=O)CCO[C@@H](C)CC(C)C)o1. The number of hydrogen-bond acceptors (Lipinski definition) is 6. The summed E-state index contributed by atoms with van der Waals surface area (Å²) in [5, 5.41) is 7.86. The molecule has 2 atom stereocenters. The number of carbonyl (C=O) groups is 1. The monoisotopic (exact) mass is 325 g/mol. The zero-order chi connectivity index (χ0) is 16.8. The van der Waals surface area contributed by atoms with Gasteiger partial charge in [0.25, 0.3) is 0 Å². The minimum absolute atomic E-state index is 0.0332. The zero-order valence-electron chi connectivity index (χ0n) is 14.4. The average Bonchev–Trinajstić information content (AvgIpc) is 2.93. The van der Waals surface area contributed by atoms with E-state index < -0.39 is 0 Å². The Balaban J connectivity index is 1.86. The molecule has 2 rings (SSSR count). The average molecular weight is 325 g/mol. The molecule has 130 valence electrons. The van der Waals surface area contributed by atoms with Crippen LogP contribution in [0.15, 0.2) is 4.42 Å². The molecular formula is C16H27N3O4. The minimum atomic E-state index is -0.300. The highest BCUT2D eigenvalue weighted by molar-refractivity contribution is 5.76. The third-order valence-electron chi connectivity index (χ3n) is 3.80. The Kier molecular flexibility index (Phi) is 6.53. The summed E-state index contributed by atoms with van der Waals surface area (Å²) in [6.45, 7) is 9.98. The fourth-order valence-corrected chi connectivity index (χ4v) is 2.78. The second-order valence-electron chi connectivity index (χ2n) is 6.40. The Morgan fingerprint density at radius 3 is 2.83 bits per heavy atom. The van der Waals surface area contributed by atoms with Crippen LogP contribution < -0.4 is 0 Å². The number of hydrogen-bond donors (Lipinski definition) is 0. The van der Waals surface area contributed by atoms with Crippen LogP contribution in [0, 0.1) is 12.8 Å². The van der Waals surface area contributed by atoms with Gasteiger partial charge < -0.3 is 18.8 Å². The second-order valence-corrected chi connectivity index (χ2v) is 6.40. The van der Waals surface area contributed by atoms with Gasteiger partial charge in [-0.2, -0.15) is 0 Å². The molecule has 2 heterocycles. The van der Waals surface area contributed by atoms with E-state index in [-0.39, 0.29) is 18.1 Å². The molecule has 0 spiro atoms. The van der Waals surface area contributed by atoms with Crippen LogP contribution >= 0.6 is 0 Å². The lowest BCUT2D eigenvalue weighted by Gasteiger charge is -2.33. The van der Waals surface area contributed by atoms with Gasteiger partial charge in [0.2, 0.25) is 17.7 Å². The number of rotatable bonds is 7. The molecule has 0 N–H and O–H groups in total. The number of morpholine rings is 1. The summed E-state index contributed by atoms with van der Waals surface area (Å²) in [4.78, 5) is 14.2. The van der Waals surface area contributed by atoms with Gasteiger partial charge in [-0.15, -0.1) is 10.2 Å². The lowest BCUT2D eigenvalue weighted by molar-refractivity contribution is -0.142. The fourth-order valence-electron chi connectivity index (χ4n) is 2.78. The van der Waals surface area contributed by atoms with Crippen molar-refractivity contribution in [1.29, 1.82) is 0 Å². The van der Waals surface area contributed by atoms with Crippen molar-refractivity contribution in [2.75, 3.05) is 26.4 Å². The molecule has 0 saturated carbocycles. The van der Waals surface area contributed by atoms with E-state index in [9.17, 15) is 4.79 Å². The normalized spacial score (nSPS) is 20.0. The van der Waals surface area contributed by atoms with E-state index >= 15 is 0 Å². The topological polar surface area (TPSA) is 77.7 Å². The lowest BCUT2D eigenvalue weighted by atomic mass is 10.1. The van der Waals surface area contributed by atoms with Gasteiger partial charge in [-0.1, -0.05) is 13.8 Å². The largest absolute Gasteiger partial charge is 0.423 e. The van der Waals surface area contributed by atoms with Crippen LogP contribution in [0.1, 0.15) is 51.4 Å². The van der Waals surface area contributed by atoms with Crippen LogP contribution in [-0.2, 0) is 14.3 Å². The molecule has 0 bridgehead atoms. The first kappa shape index (κ1) is 17.9. The molecule has 1 fully saturated rings. The van der Waals surface area contributed by atoms with Crippen LogP contribution in [0.5, 0.6) is 0 Å². The minimum Gasteiger partial charge on any atom is -0.423 e. The number of aromatic nitrogens is 2. The number of carbonyl (C=O) groups excluding carboxylic acids is 1. The molecule has 0 aromatic carbocycles. The maximum absolute atomic E-state index is 12.5. The number of nitrogens with zero attached hydrogens (tertiary/aromatic N) is 3. The maximum atomic E-state index is 12.5. The standard InChI is InChI=1S/C16H27N3O4/c1-11(2)9-12(3)22-7-5-15(20)19-6-8-21-10-14(19)16-18-17-13(4)23-16/h11-12,14H,5-10H2,1-4H3/t12-,14-/m0/s1. The van der Waals surface area contributed by atoms with E-state index in [1.54, 1.807) is 11.8 Å². The van der Waals surface area contributed by atoms with Crippen LogP contribution in [0.2, 0.25) is 0 Å². The number of aryl methyl sites for hydroxylation is 1. The zero-order valence-corrected chi connectivity index (χ0v) is 14.4. The van der Waals surface area contributed by atoms with E-state index in [1.165, 1.54) is 0 Å². The molecule has 0 radical (unpaired) electrons. The van der Waals surface area contributed by atoms with Gasteiger partial charge in [0.1, 0.15) is 6.04 Å². The van der Waals surface area contributed by atoms with Crippen LogP contribution in [0.25, 0.3) is 0 Å². The van der Waals surface area contributed by atoms with Gasteiger partial charge in [0.15, 0.2) is 0 Å². The van der Waals surface area contributed by atoms with E-state index in [0.29, 0.717) is 50.5 Å². The molecule has 1 aromatic rings. The molecule has 0 aliphatic carbocycles. The van der Waals surface area contributed by atoms with Crippen molar-refractivity contribution in [2.24, 2.45) is 5.92 Å². The molecule has 1 aliphatic rings. The Hall–Kier alpha value is -1.47. The second kappa shape index (κ2) is 8.40. The Morgan fingerprint density at radius 1 is 1.39 bits per heavy atom. The summed E-state index contributed by atoms with van der Waals surface area (Å²) in [6, 6.07) is -0.300. The molecule has 7 nitrogen and oxygen atoms in total. The summed E-state index contributed by atoms with van der Waals surface area (Å²) < 4.78 is 16.7. The third-order valence-corrected chi connectivity index (χ3v) is 3.80. The van der Waals surface area contributed by atoms with Crippen LogP contribution in [0.4, 0.5) is 0 Å². The van der Waals surface area contributed by atoms with Gasteiger partial charge in [-0.05, 0) is 19.3 Å². The van der Waals surface area contributed by atoms with E-state index in [2.05, 4.69) is 24.0 Å². The fraction of sp³-hybridized carbons (Fsp3) is 0.812. The summed E-state index contributed by atoms with van der Waals surface area (Å²) in [5.74, 6) is 1.55. The van der Waals surface area contributed by atoms with Crippen molar-refractivity contribution >= 4 is 5.91 Å². The van der Waals surface area contributed by atoms with Gasteiger partial charge in [0.05, 0.1) is 32.3 Å². The first-order chi connectivity index (χ1) is 11.0. The van der Waals surface area contributed by atoms with E-state index in [0.717, 1.165) is 6.42 Å².